The van der Waals surface area contributed by atoms with Crippen molar-refractivity contribution >= 4 is 5.69 Å². The monoisotopic (exact) mass is 272 g/mol. The van der Waals surface area contributed by atoms with Gasteiger partial charge in [-0.3, -0.25) is 10.1 Å². The highest BCUT2D eigenvalue weighted by atomic mass is 16.6. The van der Waals surface area contributed by atoms with Crippen LogP contribution in [-0.4, -0.2) is 4.92 Å². The van der Waals surface area contributed by atoms with Crippen LogP contribution in [0.1, 0.15) is 24.1 Å². The zero-order valence-corrected chi connectivity index (χ0v) is 11.4. The Labute approximate surface area is 117 Å². The summed E-state index contributed by atoms with van der Waals surface area (Å²) in [6.07, 6.45) is 0. The third-order valence-electron chi connectivity index (χ3n) is 3.08. The summed E-state index contributed by atoms with van der Waals surface area (Å²) in [6.45, 7) is 3.53. The molecule has 0 saturated carbocycles. The van der Waals surface area contributed by atoms with Gasteiger partial charge in [-0.2, -0.15) is 0 Å². The first-order chi connectivity index (χ1) is 9.50. The van der Waals surface area contributed by atoms with Crippen LogP contribution in [0.3, 0.4) is 0 Å². The minimum atomic E-state index is -0.417. The lowest BCUT2D eigenvalue weighted by Gasteiger charge is -2.14. The second kappa shape index (κ2) is 5.71. The highest BCUT2D eigenvalue weighted by Gasteiger charge is 2.16. The zero-order chi connectivity index (χ0) is 14.7. The fourth-order valence-corrected chi connectivity index (χ4v) is 1.98. The predicted octanol–water partition coefficient (Wildman–Crippen LogP) is 3.72. The van der Waals surface area contributed by atoms with Crippen LogP contribution in [-0.2, 0) is 0 Å². The number of nitro benzene ring substituents is 1. The number of hydrogen-bond donors (Lipinski definition) is 1. The van der Waals surface area contributed by atoms with E-state index in [1.807, 2.05) is 25.1 Å². The quantitative estimate of drug-likeness (QED) is 0.679. The number of rotatable bonds is 4. The molecule has 0 spiro atoms. The van der Waals surface area contributed by atoms with E-state index in [-0.39, 0.29) is 11.7 Å². The van der Waals surface area contributed by atoms with Gasteiger partial charge in [-0.25, -0.2) is 0 Å². The summed E-state index contributed by atoms with van der Waals surface area (Å²) in [5.41, 5.74) is 7.30. The van der Waals surface area contributed by atoms with E-state index in [0.717, 1.165) is 5.56 Å². The molecule has 0 amide bonds. The molecule has 20 heavy (non-hydrogen) atoms. The fourth-order valence-electron chi connectivity index (χ4n) is 1.98. The van der Waals surface area contributed by atoms with Crippen molar-refractivity contribution in [2.24, 2.45) is 5.73 Å². The Hall–Kier alpha value is -2.40. The molecule has 0 aromatic heterocycles. The van der Waals surface area contributed by atoms with Crippen LogP contribution in [0.15, 0.2) is 42.5 Å². The van der Waals surface area contributed by atoms with Crippen molar-refractivity contribution in [1.82, 2.24) is 0 Å². The molecule has 0 radical (unpaired) electrons. The lowest BCUT2D eigenvalue weighted by atomic mass is 10.1. The number of benzene rings is 2. The molecular weight excluding hydrogens is 256 g/mol. The molecule has 0 aliphatic rings. The molecule has 0 aliphatic heterocycles. The Bertz CT molecular complexity index is 639. The molecule has 5 heteroatoms. The molecule has 104 valence electrons. The van der Waals surface area contributed by atoms with Crippen molar-refractivity contribution in [3.8, 4) is 11.5 Å². The molecule has 0 saturated heterocycles. The topological polar surface area (TPSA) is 78.4 Å². The smallest absolute Gasteiger partial charge is 0.276 e. The Morgan fingerprint density at radius 2 is 1.80 bits per heavy atom. The van der Waals surface area contributed by atoms with E-state index >= 15 is 0 Å². The lowest BCUT2D eigenvalue weighted by Crippen LogP contribution is -2.06. The zero-order valence-electron chi connectivity index (χ0n) is 11.4. The minimum absolute atomic E-state index is 0.0424. The van der Waals surface area contributed by atoms with Crippen LogP contribution in [0.5, 0.6) is 11.5 Å². The summed E-state index contributed by atoms with van der Waals surface area (Å²) >= 11 is 0. The summed E-state index contributed by atoms with van der Waals surface area (Å²) in [7, 11) is 0. The first-order valence-corrected chi connectivity index (χ1v) is 6.27. The Morgan fingerprint density at radius 1 is 1.15 bits per heavy atom. The standard InChI is InChI=1S/C15H16N2O3/c1-10-13(17(18)19)7-5-9-14(10)20-15-8-4-3-6-12(15)11(2)16/h3-9,11H,16H2,1-2H3/t11-/m1/s1. The molecule has 2 aromatic rings. The maximum Gasteiger partial charge on any atom is 0.276 e. The summed E-state index contributed by atoms with van der Waals surface area (Å²) in [4.78, 5) is 10.5. The van der Waals surface area contributed by atoms with E-state index in [1.54, 1.807) is 25.1 Å². The molecule has 0 heterocycles. The van der Waals surface area contributed by atoms with Crippen molar-refractivity contribution in [3.05, 3.63) is 63.7 Å². The van der Waals surface area contributed by atoms with E-state index in [2.05, 4.69) is 0 Å². The molecule has 2 rings (SSSR count). The predicted molar refractivity (Wildman–Crippen MR) is 77.0 cm³/mol. The Kier molecular flexibility index (Phi) is 4.00. The average Bonchev–Trinajstić information content (AvgIpc) is 2.41. The van der Waals surface area contributed by atoms with E-state index in [0.29, 0.717) is 17.1 Å². The normalized spacial score (nSPS) is 11.9. The van der Waals surface area contributed by atoms with E-state index < -0.39 is 4.92 Å². The van der Waals surface area contributed by atoms with E-state index in [4.69, 9.17) is 10.5 Å². The van der Waals surface area contributed by atoms with Crippen LogP contribution >= 0.6 is 0 Å². The van der Waals surface area contributed by atoms with Gasteiger partial charge in [-0.1, -0.05) is 24.3 Å². The number of hydrogen-bond acceptors (Lipinski definition) is 4. The molecule has 5 nitrogen and oxygen atoms in total. The highest BCUT2D eigenvalue weighted by Crippen LogP contribution is 2.33. The van der Waals surface area contributed by atoms with Crippen LogP contribution in [0.2, 0.25) is 0 Å². The van der Waals surface area contributed by atoms with Gasteiger partial charge in [0.05, 0.1) is 10.5 Å². The van der Waals surface area contributed by atoms with Crippen molar-refractivity contribution < 1.29 is 9.66 Å². The Balaban J connectivity index is 2.41. The Morgan fingerprint density at radius 3 is 2.45 bits per heavy atom. The molecule has 0 unspecified atom stereocenters. The van der Waals surface area contributed by atoms with Crippen molar-refractivity contribution in [3.63, 3.8) is 0 Å². The molecule has 0 bridgehead atoms. The third kappa shape index (κ3) is 2.78. The second-order valence-corrected chi connectivity index (χ2v) is 4.59. The summed E-state index contributed by atoms with van der Waals surface area (Å²) in [5, 5.41) is 10.9. The summed E-state index contributed by atoms with van der Waals surface area (Å²) in [6, 6.07) is 12.0. The molecule has 2 aromatic carbocycles. The van der Waals surface area contributed by atoms with E-state index in [1.165, 1.54) is 6.07 Å². The number of nitrogens with two attached hydrogens (primary N) is 1. The first-order valence-electron chi connectivity index (χ1n) is 6.27. The van der Waals surface area contributed by atoms with Gasteiger partial charge in [-0.15, -0.1) is 0 Å². The van der Waals surface area contributed by atoms with Crippen molar-refractivity contribution in [2.75, 3.05) is 0 Å². The molecular formula is C15H16N2O3. The van der Waals surface area contributed by atoms with Gasteiger partial charge in [0.15, 0.2) is 0 Å². The average molecular weight is 272 g/mol. The summed E-state index contributed by atoms with van der Waals surface area (Å²) in [5.74, 6) is 1.08. The molecule has 2 N–H and O–H groups in total. The van der Waals surface area contributed by atoms with Crippen LogP contribution in [0.25, 0.3) is 0 Å². The van der Waals surface area contributed by atoms with Gasteiger partial charge in [-0.05, 0) is 26.0 Å². The van der Waals surface area contributed by atoms with Gasteiger partial charge in [0, 0.05) is 17.7 Å². The van der Waals surface area contributed by atoms with Gasteiger partial charge < -0.3 is 10.5 Å². The first kappa shape index (κ1) is 14.0. The third-order valence-corrected chi connectivity index (χ3v) is 3.08. The highest BCUT2D eigenvalue weighted by molar-refractivity contribution is 5.50. The molecule has 1 atom stereocenters. The minimum Gasteiger partial charge on any atom is -0.456 e. The van der Waals surface area contributed by atoms with Crippen LogP contribution < -0.4 is 10.5 Å². The van der Waals surface area contributed by atoms with Crippen LogP contribution in [0.4, 0.5) is 5.69 Å². The maximum absolute atomic E-state index is 10.9. The summed E-state index contributed by atoms with van der Waals surface area (Å²) < 4.78 is 5.81. The maximum atomic E-state index is 10.9. The number of nitrogens with zero attached hydrogens (tertiary/aromatic N) is 1. The van der Waals surface area contributed by atoms with Crippen molar-refractivity contribution in [1.29, 1.82) is 0 Å². The van der Waals surface area contributed by atoms with Crippen molar-refractivity contribution in [2.45, 2.75) is 19.9 Å². The number of ether oxygens (including phenoxy) is 1. The molecule has 0 aliphatic carbocycles. The van der Waals surface area contributed by atoms with Gasteiger partial charge >= 0.3 is 0 Å². The van der Waals surface area contributed by atoms with E-state index in [9.17, 15) is 10.1 Å². The lowest BCUT2D eigenvalue weighted by molar-refractivity contribution is -0.385. The number of nitro groups is 1. The number of para-hydroxylation sites is 1. The largest absolute Gasteiger partial charge is 0.456 e. The van der Waals surface area contributed by atoms with Crippen LogP contribution in [0, 0.1) is 17.0 Å². The van der Waals surface area contributed by atoms with Gasteiger partial charge in [0.25, 0.3) is 5.69 Å². The van der Waals surface area contributed by atoms with Gasteiger partial charge in [0.2, 0.25) is 0 Å². The molecule has 0 fully saturated rings. The second-order valence-electron chi connectivity index (χ2n) is 4.59. The fraction of sp³-hybridized carbons (Fsp3) is 0.200. The SMILES string of the molecule is Cc1c(Oc2ccccc2[C@@H](C)N)cccc1[N+](=O)[O-]. The van der Waals surface area contributed by atoms with Gasteiger partial charge in [0.1, 0.15) is 11.5 Å².